The molecule has 20 heavy (non-hydrogen) atoms. The molecule has 6 heteroatoms. The van der Waals surface area contributed by atoms with E-state index in [0.29, 0.717) is 11.6 Å². The Morgan fingerprint density at radius 2 is 2.30 bits per heavy atom. The van der Waals surface area contributed by atoms with Crippen LogP contribution in [0.4, 0.5) is 4.39 Å². The van der Waals surface area contributed by atoms with Crippen LogP contribution in [0.25, 0.3) is 0 Å². The van der Waals surface area contributed by atoms with Gasteiger partial charge in [0.05, 0.1) is 11.1 Å². The fraction of sp³-hybridized carbons (Fsp3) is 0.500. The molecule has 2 atom stereocenters. The second kappa shape index (κ2) is 6.52. The van der Waals surface area contributed by atoms with Crippen molar-refractivity contribution in [3.05, 3.63) is 34.6 Å². The third-order valence-corrected chi connectivity index (χ3v) is 3.93. The second-order valence-electron chi connectivity index (χ2n) is 5.24. The Balaban J connectivity index is 1.88. The predicted octanol–water partition coefficient (Wildman–Crippen LogP) is 1.39. The zero-order valence-corrected chi connectivity index (χ0v) is 12.4. The summed E-state index contributed by atoms with van der Waals surface area (Å²) >= 11 is 5.70. The molecule has 1 heterocycles. The minimum absolute atomic E-state index is 0.0726. The quantitative estimate of drug-likeness (QED) is 0.883. The highest BCUT2D eigenvalue weighted by molar-refractivity contribution is 6.30. The molecule has 0 saturated carbocycles. The lowest BCUT2D eigenvalue weighted by Gasteiger charge is -2.17. The minimum Gasteiger partial charge on any atom is -0.351 e. The summed E-state index contributed by atoms with van der Waals surface area (Å²) in [5.41, 5.74) is 0.396. The van der Waals surface area contributed by atoms with Crippen LogP contribution in [0.15, 0.2) is 18.2 Å². The summed E-state index contributed by atoms with van der Waals surface area (Å²) in [6.07, 6.45) is 0.761. The summed E-state index contributed by atoms with van der Waals surface area (Å²) in [4.78, 5) is 14.1. The lowest BCUT2D eigenvalue weighted by Crippen LogP contribution is -2.40. The molecule has 2 rings (SSSR count). The summed E-state index contributed by atoms with van der Waals surface area (Å²) < 4.78 is 13.7. The number of carbonyl (C=O) groups is 1. The highest BCUT2D eigenvalue weighted by atomic mass is 35.5. The van der Waals surface area contributed by atoms with E-state index in [-0.39, 0.29) is 23.5 Å². The maximum atomic E-state index is 13.7. The third kappa shape index (κ3) is 3.48. The van der Waals surface area contributed by atoms with Gasteiger partial charge in [-0.05, 0) is 26.6 Å². The number of benzene rings is 1. The number of likely N-dealkylation sites (N-methyl/N-ethyl adjacent to an activating group) is 1. The van der Waals surface area contributed by atoms with Gasteiger partial charge in [-0.25, -0.2) is 4.39 Å². The van der Waals surface area contributed by atoms with Crippen LogP contribution in [0.3, 0.4) is 0 Å². The number of hydrogen-bond donors (Lipinski definition) is 2. The van der Waals surface area contributed by atoms with Crippen molar-refractivity contribution in [2.75, 3.05) is 20.6 Å². The Labute approximate surface area is 123 Å². The molecular weight excluding hydrogens is 281 g/mol. The van der Waals surface area contributed by atoms with Gasteiger partial charge in [-0.2, -0.15) is 0 Å². The van der Waals surface area contributed by atoms with E-state index in [1.807, 2.05) is 14.1 Å². The second-order valence-corrected chi connectivity index (χ2v) is 5.65. The van der Waals surface area contributed by atoms with Gasteiger partial charge in [0.2, 0.25) is 5.91 Å². The number of amides is 1. The fourth-order valence-corrected chi connectivity index (χ4v) is 2.49. The predicted molar refractivity (Wildman–Crippen MR) is 77.1 cm³/mol. The summed E-state index contributed by atoms with van der Waals surface area (Å²) in [6, 6.07) is 4.91. The third-order valence-electron chi connectivity index (χ3n) is 3.64. The van der Waals surface area contributed by atoms with Crippen molar-refractivity contribution in [1.29, 1.82) is 0 Å². The standard InChI is InChI=1S/C14H19ClFN3O/c1-19(2)10-6-12(17-8-10)14(20)18-7-9-4-3-5-11(15)13(9)16/h3-5,10,12,17H,6-8H2,1-2H3,(H,18,20). The number of hydrogen-bond acceptors (Lipinski definition) is 3. The number of nitrogens with zero attached hydrogens (tertiary/aromatic N) is 1. The van der Waals surface area contributed by atoms with Gasteiger partial charge in [-0.1, -0.05) is 23.7 Å². The first kappa shape index (κ1) is 15.2. The van der Waals surface area contributed by atoms with E-state index < -0.39 is 5.82 Å². The summed E-state index contributed by atoms with van der Waals surface area (Å²) in [7, 11) is 3.99. The van der Waals surface area contributed by atoms with Crippen LogP contribution in [0.2, 0.25) is 5.02 Å². The van der Waals surface area contributed by atoms with Gasteiger partial charge in [0, 0.05) is 24.7 Å². The molecule has 1 aliphatic heterocycles. The van der Waals surface area contributed by atoms with Crippen molar-refractivity contribution in [3.8, 4) is 0 Å². The van der Waals surface area contributed by atoms with Crippen LogP contribution in [0.5, 0.6) is 0 Å². The van der Waals surface area contributed by atoms with Crippen LogP contribution < -0.4 is 10.6 Å². The number of nitrogens with one attached hydrogen (secondary N) is 2. The fourth-order valence-electron chi connectivity index (χ4n) is 2.30. The van der Waals surface area contributed by atoms with Crippen LogP contribution in [0, 0.1) is 5.82 Å². The van der Waals surface area contributed by atoms with Crippen molar-refractivity contribution in [1.82, 2.24) is 15.5 Å². The molecule has 1 aromatic rings. The molecule has 0 radical (unpaired) electrons. The minimum atomic E-state index is -0.472. The Morgan fingerprint density at radius 3 is 2.95 bits per heavy atom. The Kier molecular flexibility index (Phi) is 4.96. The molecule has 0 aromatic heterocycles. The van der Waals surface area contributed by atoms with Crippen molar-refractivity contribution >= 4 is 17.5 Å². The molecule has 1 saturated heterocycles. The molecule has 0 bridgehead atoms. The Hall–Kier alpha value is -1.17. The van der Waals surface area contributed by atoms with Crippen LogP contribution >= 0.6 is 11.6 Å². The first-order valence-electron chi connectivity index (χ1n) is 6.59. The largest absolute Gasteiger partial charge is 0.351 e. The van der Waals surface area contributed by atoms with E-state index in [1.165, 1.54) is 6.07 Å². The molecule has 2 unspecified atom stereocenters. The number of rotatable bonds is 4. The van der Waals surface area contributed by atoms with Gasteiger partial charge in [0.25, 0.3) is 0 Å². The van der Waals surface area contributed by atoms with E-state index in [9.17, 15) is 9.18 Å². The van der Waals surface area contributed by atoms with Crippen LogP contribution in [-0.4, -0.2) is 43.5 Å². The van der Waals surface area contributed by atoms with Gasteiger partial charge >= 0.3 is 0 Å². The Bertz CT molecular complexity index is 495. The van der Waals surface area contributed by atoms with E-state index >= 15 is 0 Å². The maximum Gasteiger partial charge on any atom is 0.237 e. The molecule has 1 aromatic carbocycles. The Morgan fingerprint density at radius 1 is 1.55 bits per heavy atom. The average molecular weight is 300 g/mol. The molecule has 110 valence electrons. The van der Waals surface area contributed by atoms with Crippen molar-refractivity contribution in [2.24, 2.45) is 0 Å². The van der Waals surface area contributed by atoms with Gasteiger partial charge in [0.15, 0.2) is 0 Å². The summed E-state index contributed by atoms with van der Waals surface area (Å²) in [5, 5.41) is 6.00. The highest BCUT2D eigenvalue weighted by Crippen LogP contribution is 2.18. The molecule has 0 aliphatic carbocycles. The average Bonchev–Trinajstić information content (AvgIpc) is 2.90. The monoisotopic (exact) mass is 299 g/mol. The first-order chi connectivity index (χ1) is 9.49. The molecular formula is C14H19ClFN3O. The topological polar surface area (TPSA) is 44.4 Å². The van der Waals surface area contributed by atoms with Crippen molar-refractivity contribution < 1.29 is 9.18 Å². The molecule has 2 N–H and O–H groups in total. The zero-order valence-electron chi connectivity index (χ0n) is 11.6. The van der Waals surface area contributed by atoms with Gasteiger partial charge in [-0.3, -0.25) is 4.79 Å². The molecule has 1 fully saturated rings. The first-order valence-corrected chi connectivity index (χ1v) is 6.97. The van der Waals surface area contributed by atoms with Crippen LogP contribution in [0.1, 0.15) is 12.0 Å². The SMILES string of the molecule is CN(C)C1CNC(C(=O)NCc2cccc(Cl)c2F)C1. The normalized spacial score (nSPS) is 22.2. The summed E-state index contributed by atoms with van der Waals surface area (Å²) in [5.74, 6) is -0.575. The van der Waals surface area contributed by atoms with Gasteiger partial charge < -0.3 is 15.5 Å². The van der Waals surface area contributed by atoms with E-state index in [0.717, 1.165) is 13.0 Å². The lowest BCUT2D eigenvalue weighted by atomic mass is 10.1. The number of carbonyl (C=O) groups excluding carboxylic acids is 1. The smallest absolute Gasteiger partial charge is 0.237 e. The molecule has 0 spiro atoms. The summed E-state index contributed by atoms with van der Waals surface area (Å²) in [6.45, 7) is 0.937. The highest BCUT2D eigenvalue weighted by Gasteiger charge is 2.30. The van der Waals surface area contributed by atoms with Gasteiger partial charge in [-0.15, -0.1) is 0 Å². The lowest BCUT2D eigenvalue weighted by molar-refractivity contribution is -0.123. The number of halogens is 2. The molecule has 1 amide bonds. The van der Waals surface area contributed by atoms with E-state index in [1.54, 1.807) is 12.1 Å². The van der Waals surface area contributed by atoms with Crippen molar-refractivity contribution in [3.63, 3.8) is 0 Å². The van der Waals surface area contributed by atoms with Crippen LogP contribution in [-0.2, 0) is 11.3 Å². The van der Waals surface area contributed by atoms with E-state index in [4.69, 9.17) is 11.6 Å². The maximum absolute atomic E-state index is 13.7. The van der Waals surface area contributed by atoms with E-state index in [2.05, 4.69) is 15.5 Å². The van der Waals surface area contributed by atoms with Gasteiger partial charge in [0.1, 0.15) is 5.82 Å². The van der Waals surface area contributed by atoms with Crippen molar-refractivity contribution in [2.45, 2.75) is 25.0 Å². The zero-order chi connectivity index (χ0) is 14.7. The molecule has 4 nitrogen and oxygen atoms in total. The molecule has 1 aliphatic rings.